The van der Waals surface area contributed by atoms with E-state index in [0.29, 0.717) is 0 Å². The first kappa shape index (κ1) is 13.8. The molecule has 1 fully saturated rings. The Balaban J connectivity index is 1.45. The Labute approximate surface area is 120 Å². The first-order chi connectivity index (χ1) is 9.83. The molecule has 0 radical (unpaired) electrons. The van der Waals surface area contributed by atoms with E-state index < -0.39 is 0 Å². The molecule has 2 aliphatic rings. The molecule has 1 aromatic heterocycles. The molecule has 0 saturated carbocycles. The number of aryl methyl sites for hydroxylation is 2. The molecule has 0 aromatic carbocycles. The molecule has 1 aromatic rings. The molecule has 0 spiro atoms. The maximum atomic E-state index is 5.35. The summed E-state index contributed by atoms with van der Waals surface area (Å²) >= 11 is 0. The fourth-order valence-electron chi connectivity index (χ4n) is 3.03. The lowest BCUT2D eigenvalue weighted by molar-refractivity contribution is 0.0378. The number of nitrogens with one attached hydrogen (secondary N) is 1. The highest BCUT2D eigenvalue weighted by Crippen LogP contribution is 2.23. The van der Waals surface area contributed by atoms with Crippen LogP contribution in [0.25, 0.3) is 0 Å². The van der Waals surface area contributed by atoms with Crippen molar-refractivity contribution in [2.24, 2.45) is 0 Å². The molecule has 0 bridgehead atoms. The zero-order valence-electron chi connectivity index (χ0n) is 12.3. The van der Waals surface area contributed by atoms with Crippen molar-refractivity contribution in [3.63, 3.8) is 0 Å². The largest absolute Gasteiger partial charge is 0.379 e. The molecule has 0 atom stereocenters. The van der Waals surface area contributed by atoms with Gasteiger partial charge in [0.1, 0.15) is 0 Å². The van der Waals surface area contributed by atoms with Crippen molar-refractivity contribution in [1.29, 1.82) is 0 Å². The predicted molar refractivity (Wildman–Crippen MR) is 79.2 cm³/mol. The van der Waals surface area contributed by atoms with Gasteiger partial charge in [-0.2, -0.15) is 0 Å². The maximum absolute atomic E-state index is 5.35. The number of hydrogen-bond donors (Lipinski definition) is 1. The molecule has 20 heavy (non-hydrogen) atoms. The van der Waals surface area contributed by atoms with Gasteiger partial charge in [0.05, 0.1) is 13.2 Å². The molecule has 5 nitrogen and oxygen atoms in total. The second-order valence-electron chi connectivity index (χ2n) is 5.65. The van der Waals surface area contributed by atoms with Crippen LogP contribution >= 0.6 is 0 Å². The van der Waals surface area contributed by atoms with Crippen LogP contribution in [0.5, 0.6) is 0 Å². The van der Waals surface area contributed by atoms with E-state index in [2.05, 4.69) is 27.1 Å². The van der Waals surface area contributed by atoms with Gasteiger partial charge in [-0.05, 0) is 44.7 Å². The summed E-state index contributed by atoms with van der Waals surface area (Å²) in [6, 6.07) is 0. The van der Waals surface area contributed by atoms with Gasteiger partial charge in [-0.3, -0.25) is 4.90 Å². The van der Waals surface area contributed by atoms with Crippen LogP contribution < -0.4 is 5.32 Å². The van der Waals surface area contributed by atoms with Crippen LogP contribution in [0.2, 0.25) is 0 Å². The molecule has 1 saturated heterocycles. The van der Waals surface area contributed by atoms with Gasteiger partial charge in [0.15, 0.2) is 0 Å². The van der Waals surface area contributed by atoms with Crippen molar-refractivity contribution >= 4 is 5.95 Å². The second-order valence-corrected chi connectivity index (χ2v) is 5.65. The predicted octanol–water partition coefficient (Wildman–Crippen LogP) is 1.41. The molecule has 0 amide bonds. The average molecular weight is 276 g/mol. The van der Waals surface area contributed by atoms with Gasteiger partial charge in [-0.15, -0.1) is 0 Å². The minimum absolute atomic E-state index is 0.810. The van der Waals surface area contributed by atoms with Gasteiger partial charge in [-0.1, -0.05) is 0 Å². The summed E-state index contributed by atoms with van der Waals surface area (Å²) in [4.78, 5) is 11.7. The number of aromatic nitrogens is 2. The molecule has 5 heteroatoms. The second kappa shape index (κ2) is 6.50. The summed E-state index contributed by atoms with van der Waals surface area (Å²) in [5, 5.41) is 3.37. The normalized spacial score (nSPS) is 19.1. The SMILES string of the molecule is Cc1nc(NCCCN2CCOCC2)nc2c1CCC2. The third-order valence-electron chi connectivity index (χ3n) is 4.18. The quantitative estimate of drug-likeness (QED) is 0.824. The lowest BCUT2D eigenvalue weighted by Crippen LogP contribution is -2.37. The van der Waals surface area contributed by atoms with Crippen LogP contribution in [-0.2, 0) is 17.6 Å². The zero-order valence-corrected chi connectivity index (χ0v) is 12.3. The maximum Gasteiger partial charge on any atom is 0.223 e. The van der Waals surface area contributed by atoms with Crippen molar-refractivity contribution in [2.75, 3.05) is 44.7 Å². The van der Waals surface area contributed by atoms with E-state index in [1.165, 1.54) is 17.7 Å². The van der Waals surface area contributed by atoms with Gasteiger partial charge in [0.25, 0.3) is 0 Å². The lowest BCUT2D eigenvalue weighted by atomic mass is 10.2. The van der Waals surface area contributed by atoms with Crippen molar-refractivity contribution in [1.82, 2.24) is 14.9 Å². The van der Waals surface area contributed by atoms with E-state index in [-0.39, 0.29) is 0 Å². The number of fused-ring (bicyclic) bond motifs is 1. The van der Waals surface area contributed by atoms with Crippen molar-refractivity contribution in [3.8, 4) is 0 Å². The van der Waals surface area contributed by atoms with E-state index in [9.17, 15) is 0 Å². The van der Waals surface area contributed by atoms with E-state index in [1.54, 1.807) is 0 Å². The lowest BCUT2D eigenvalue weighted by Gasteiger charge is -2.26. The van der Waals surface area contributed by atoms with Crippen LogP contribution in [0.1, 0.15) is 29.8 Å². The molecular formula is C15H24N4O. The summed E-state index contributed by atoms with van der Waals surface area (Å²) in [5.41, 5.74) is 3.79. The molecule has 110 valence electrons. The van der Waals surface area contributed by atoms with Crippen LogP contribution in [-0.4, -0.2) is 54.3 Å². The molecule has 1 aliphatic heterocycles. The van der Waals surface area contributed by atoms with Gasteiger partial charge < -0.3 is 10.1 Å². The number of hydrogen-bond acceptors (Lipinski definition) is 5. The topological polar surface area (TPSA) is 50.3 Å². The Morgan fingerprint density at radius 1 is 1.20 bits per heavy atom. The molecule has 0 unspecified atom stereocenters. The average Bonchev–Trinajstić information content (AvgIpc) is 2.94. The Kier molecular flexibility index (Phi) is 4.47. The number of nitrogens with zero attached hydrogens (tertiary/aromatic N) is 3. The van der Waals surface area contributed by atoms with E-state index >= 15 is 0 Å². The van der Waals surface area contributed by atoms with E-state index in [0.717, 1.165) is 70.3 Å². The Bertz CT molecular complexity index is 457. The minimum atomic E-state index is 0.810. The van der Waals surface area contributed by atoms with Crippen LogP contribution in [0.3, 0.4) is 0 Å². The summed E-state index contributed by atoms with van der Waals surface area (Å²) in [6.07, 6.45) is 4.62. The number of rotatable bonds is 5. The molecule has 3 rings (SSSR count). The monoisotopic (exact) mass is 276 g/mol. The molecule has 1 N–H and O–H groups in total. The van der Waals surface area contributed by atoms with Crippen molar-refractivity contribution in [3.05, 3.63) is 17.0 Å². The van der Waals surface area contributed by atoms with Crippen LogP contribution in [0.4, 0.5) is 5.95 Å². The fraction of sp³-hybridized carbons (Fsp3) is 0.733. The van der Waals surface area contributed by atoms with Gasteiger partial charge >= 0.3 is 0 Å². The van der Waals surface area contributed by atoms with Gasteiger partial charge in [-0.25, -0.2) is 9.97 Å². The summed E-state index contributed by atoms with van der Waals surface area (Å²) < 4.78 is 5.35. The summed E-state index contributed by atoms with van der Waals surface area (Å²) in [7, 11) is 0. The van der Waals surface area contributed by atoms with Crippen LogP contribution in [0.15, 0.2) is 0 Å². The Hall–Kier alpha value is -1.20. The standard InChI is InChI=1S/C15H24N4O/c1-12-13-4-2-5-14(13)18-15(17-12)16-6-3-7-19-8-10-20-11-9-19/h2-11H2,1H3,(H,16,17,18). The number of anilines is 1. The first-order valence-electron chi connectivity index (χ1n) is 7.73. The Morgan fingerprint density at radius 3 is 2.90 bits per heavy atom. The van der Waals surface area contributed by atoms with Crippen LogP contribution in [0, 0.1) is 6.92 Å². The highest BCUT2D eigenvalue weighted by Gasteiger charge is 2.16. The number of morpholine rings is 1. The number of ether oxygens (including phenoxy) is 1. The molecule has 2 heterocycles. The molecule has 1 aliphatic carbocycles. The smallest absolute Gasteiger partial charge is 0.223 e. The third-order valence-corrected chi connectivity index (χ3v) is 4.18. The first-order valence-corrected chi connectivity index (χ1v) is 7.73. The van der Waals surface area contributed by atoms with Crippen molar-refractivity contribution in [2.45, 2.75) is 32.6 Å². The third kappa shape index (κ3) is 3.27. The molecular weight excluding hydrogens is 252 g/mol. The highest BCUT2D eigenvalue weighted by atomic mass is 16.5. The Morgan fingerprint density at radius 2 is 2.05 bits per heavy atom. The zero-order chi connectivity index (χ0) is 13.8. The highest BCUT2D eigenvalue weighted by molar-refractivity contribution is 5.36. The fourth-order valence-corrected chi connectivity index (χ4v) is 3.03. The van der Waals surface area contributed by atoms with Gasteiger partial charge in [0.2, 0.25) is 5.95 Å². The van der Waals surface area contributed by atoms with Crippen molar-refractivity contribution < 1.29 is 4.74 Å². The summed E-state index contributed by atoms with van der Waals surface area (Å²) in [6.45, 7) is 8.05. The summed E-state index contributed by atoms with van der Waals surface area (Å²) in [5.74, 6) is 0.810. The van der Waals surface area contributed by atoms with Gasteiger partial charge in [0, 0.05) is 31.0 Å². The minimum Gasteiger partial charge on any atom is -0.379 e. The van der Waals surface area contributed by atoms with E-state index in [1.807, 2.05) is 0 Å². The van der Waals surface area contributed by atoms with E-state index in [4.69, 9.17) is 4.74 Å².